The quantitative estimate of drug-likeness (QED) is 0.213. The Bertz CT molecular complexity index is 1050. The molecule has 10 heteroatoms. The zero-order chi connectivity index (χ0) is 22.1. The highest BCUT2D eigenvalue weighted by molar-refractivity contribution is 9.11. The van der Waals surface area contributed by atoms with Gasteiger partial charge in [-0.1, -0.05) is 42.7 Å². The van der Waals surface area contributed by atoms with Gasteiger partial charge < -0.3 is 4.74 Å². The molecule has 1 saturated heterocycles. The molecule has 2 aromatic rings. The van der Waals surface area contributed by atoms with Gasteiger partial charge in [0.15, 0.2) is 4.32 Å². The zero-order valence-corrected chi connectivity index (χ0v) is 19.8. The van der Waals surface area contributed by atoms with Gasteiger partial charge >= 0.3 is 6.18 Å². The van der Waals surface area contributed by atoms with Gasteiger partial charge in [0.2, 0.25) is 0 Å². The summed E-state index contributed by atoms with van der Waals surface area (Å²) in [7, 11) is 0. The summed E-state index contributed by atoms with van der Waals surface area (Å²) < 4.78 is 46.1. The molecular weight excluding hydrogens is 567 g/mol. The number of thiocarbonyl (C=S) groups is 1. The fraction of sp³-hybridized carbons (Fsp3) is 0.100. The number of carbonyl (C=O) groups is 1. The average molecular weight is 579 g/mol. The van der Waals surface area contributed by atoms with Gasteiger partial charge in [-0.15, -0.1) is 0 Å². The third-order valence-corrected chi connectivity index (χ3v) is 6.37. The van der Waals surface area contributed by atoms with Crippen LogP contribution in [0.25, 0.3) is 6.08 Å². The van der Waals surface area contributed by atoms with E-state index in [0.717, 1.165) is 28.8 Å². The van der Waals surface area contributed by atoms with Gasteiger partial charge in [0.1, 0.15) is 12.4 Å². The van der Waals surface area contributed by atoms with Crippen LogP contribution in [0, 0.1) is 0 Å². The van der Waals surface area contributed by atoms with Crippen molar-refractivity contribution in [2.45, 2.75) is 6.18 Å². The van der Waals surface area contributed by atoms with Crippen molar-refractivity contribution in [3.8, 4) is 5.75 Å². The van der Waals surface area contributed by atoms with E-state index in [4.69, 9.17) is 17.0 Å². The lowest BCUT2D eigenvalue weighted by atomic mass is 10.1. The van der Waals surface area contributed by atoms with Crippen LogP contribution in [-0.2, 0) is 11.0 Å². The Balaban J connectivity index is 1.92. The summed E-state index contributed by atoms with van der Waals surface area (Å²) in [6, 6.07) is 8.05. The lowest BCUT2D eigenvalue weighted by molar-refractivity contribution is -0.137. The molecular formula is C20H12Br2F3NO2S2. The molecule has 1 aliphatic rings. The van der Waals surface area contributed by atoms with Gasteiger partial charge in [-0.25, -0.2) is 0 Å². The van der Waals surface area contributed by atoms with Crippen molar-refractivity contribution < 1.29 is 22.7 Å². The number of carbonyl (C=O) groups excluding carboxylic acids is 1. The summed E-state index contributed by atoms with van der Waals surface area (Å²) in [5.41, 5.74) is -0.0866. The van der Waals surface area contributed by atoms with Gasteiger partial charge in [0.25, 0.3) is 5.91 Å². The molecule has 30 heavy (non-hydrogen) atoms. The second kappa shape index (κ2) is 9.25. The monoisotopic (exact) mass is 577 g/mol. The van der Waals surface area contributed by atoms with Gasteiger partial charge in [0.05, 0.1) is 25.1 Å². The van der Waals surface area contributed by atoms with Crippen molar-refractivity contribution in [1.29, 1.82) is 0 Å². The van der Waals surface area contributed by atoms with Crippen LogP contribution < -0.4 is 9.64 Å². The molecule has 1 heterocycles. The number of hydrogen-bond donors (Lipinski definition) is 0. The Kier molecular flexibility index (Phi) is 7.11. The minimum Gasteiger partial charge on any atom is -0.487 e. The summed E-state index contributed by atoms with van der Waals surface area (Å²) in [6.45, 7) is 3.93. The lowest BCUT2D eigenvalue weighted by Crippen LogP contribution is -2.27. The average Bonchev–Trinajstić information content (AvgIpc) is 2.94. The molecule has 3 nitrogen and oxygen atoms in total. The van der Waals surface area contributed by atoms with E-state index in [9.17, 15) is 18.0 Å². The molecule has 0 bridgehead atoms. The number of nitrogens with zero attached hydrogens (tertiary/aromatic N) is 1. The Morgan fingerprint density at radius 2 is 1.87 bits per heavy atom. The SMILES string of the molecule is C=CCOc1c(Br)cc(/C=C2/SC(=S)N(c3cccc(C(F)(F)F)c3)C2=O)cc1Br. The standard InChI is InChI=1S/C20H12Br2F3NO2S2/c1-2-6-28-17-14(21)7-11(8-15(17)22)9-16-18(27)26(19(29)30-16)13-5-3-4-12(10-13)20(23,24)25/h2-5,7-10H,1,6H2/b16-9+. The molecule has 1 aliphatic heterocycles. The van der Waals surface area contributed by atoms with Crippen molar-refractivity contribution in [2.24, 2.45) is 0 Å². The number of benzene rings is 2. The first-order chi connectivity index (χ1) is 14.1. The number of thioether (sulfide) groups is 1. The maximum atomic E-state index is 13.0. The molecule has 1 fully saturated rings. The molecule has 2 aromatic carbocycles. The third kappa shape index (κ3) is 4.99. The van der Waals surface area contributed by atoms with Crippen LogP contribution in [0.2, 0.25) is 0 Å². The molecule has 0 N–H and O–H groups in total. The Morgan fingerprint density at radius 1 is 1.20 bits per heavy atom. The molecule has 0 spiro atoms. The van der Waals surface area contributed by atoms with Crippen LogP contribution in [0.1, 0.15) is 11.1 Å². The number of anilines is 1. The highest BCUT2D eigenvalue weighted by Gasteiger charge is 2.36. The van der Waals surface area contributed by atoms with Gasteiger partial charge in [0, 0.05) is 0 Å². The van der Waals surface area contributed by atoms with Gasteiger partial charge in [-0.2, -0.15) is 13.2 Å². The minimum atomic E-state index is -4.51. The summed E-state index contributed by atoms with van der Waals surface area (Å²) in [4.78, 5) is 14.3. The minimum absolute atomic E-state index is 0.0752. The summed E-state index contributed by atoms with van der Waals surface area (Å²) in [5.74, 6) is 0.104. The molecule has 156 valence electrons. The Labute approximate surface area is 197 Å². The smallest absolute Gasteiger partial charge is 0.416 e. The van der Waals surface area contributed by atoms with E-state index < -0.39 is 17.6 Å². The van der Waals surface area contributed by atoms with Crippen molar-refractivity contribution >= 4 is 77.8 Å². The maximum absolute atomic E-state index is 13.0. The van der Waals surface area contributed by atoms with E-state index >= 15 is 0 Å². The summed E-state index contributed by atoms with van der Waals surface area (Å²) in [6.07, 6.45) is -1.27. The van der Waals surface area contributed by atoms with Crippen LogP contribution in [0.5, 0.6) is 5.75 Å². The van der Waals surface area contributed by atoms with Crippen molar-refractivity contribution in [1.82, 2.24) is 0 Å². The number of halogens is 5. The fourth-order valence-corrected chi connectivity index (χ4v) is 5.36. The first-order valence-corrected chi connectivity index (χ1v) is 11.1. The molecule has 0 radical (unpaired) electrons. The van der Waals surface area contributed by atoms with E-state index in [1.54, 1.807) is 24.3 Å². The van der Waals surface area contributed by atoms with Crippen molar-refractivity contribution in [3.63, 3.8) is 0 Å². The first kappa shape index (κ1) is 23.1. The molecule has 0 aliphatic carbocycles. The third-order valence-electron chi connectivity index (χ3n) is 3.89. The van der Waals surface area contributed by atoms with Crippen molar-refractivity contribution in [3.05, 3.63) is 74.0 Å². The maximum Gasteiger partial charge on any atom is 0.416 e. The number of ether oxygens (including phenoxy) is 1. The highest BCUT2D eigenvalue weighted by Crippen LogP contribution is 2.40. The van der Waals surface area contributed by atoms with Crippen molar-refractivity contribution in [2.75, 3.05) is 11.5 Å². The van der Waals surface area contributed by atoms with Crippen LogP contribution in [-0.4, -0.2) is 16.8 Å². The Hall–Kier alpha value is -1.62. The van der Waals surface area contributed by atoms with E-state index in [-0.39, 0.29) is 10.0 Å². The zero-order valence-electron chi connectivity index (χ0n) is 15.0. The summed E-state index contributed by atoms with van der Waals surface area (Å²) >= 11 is 13.1. The number of alkyl halides is 3. The van der Waals surface area contributed by atoms with E-state index in [0.29, 0.717) is 31.8 Å². The molecule has 3 rings (SSSR count). The van der Waals surface area contributed by atoms with Crippen LogP contribution in [0.3, 0.4) is 0 Å². The van der Waals surface area contributed by atoms with Crippen LogP contribution >= 0.6 is 55.8 Å². The predicted octanol–water partition coefficient (Wildman–Crippen LogP) is 7.20. The van der Waals surface area contributed by atoms with Gasteiger partial charge in [-0.05, 0) is 73.8 Å². The van der Waals surface area contributed by atoms with E-state index in [2.05, 4.69) is 38.4 Å². The predicted molar refractivity (Wildman–Crippen MR) is 125 cm³/mol. The lowest BCUT2D eigenvalue weighted by Gasteiger charge is -2.16. The topological polar surface area (TPSA) is 29.5 Å². The Morgan fingerprint density at radius 3 is 2.47 bits per heavy atom. The normalized spacial score (nSPS) is 15.8. The molecule has 0 unspecified atom stereocenters. The highest BCUT2D eigenvalue weighted by atomic mass is 79.9. The second-order valence-corrected chi connectivity index (χ2v) is 9.36. The fourth-order valence-electron chi connectivity index (χ4n) is 2.61. The largest absolute Gasteiger partial charge is 0.487 e. The number of amides is 1. The van der Waals surface area contributed by atoms with Crippen LogP contribution in [0.4, 0.5) is 18.9 Å². The summed E-state index contributed by atoms with van der Waals surface area (Å²) in [5, 5.41) is 0. The van der Waals surface area contributed by atoms with E-state index in [1.165, 1.54) is 12.1 Å². The molecule has 0 atom stereocenters. The van der Waals surface area contributed by atoms with Gasteiger partial charge in [-0.3, -0.25) is 9.69 Å². The second-order valence-electron chi connectivity index (χ2n) is 5.98. The van der Waals surface area contributed by atoms with E-state index in [1.807, 2.05) is 0 Å². The molecule has 0 saturated carbocycles. The molecule has 1 amide bonds. The first-order valence-electron chi connectivity index (χ1n) is 8.29. The molecule has 0 aromatic heterocycles. The number of hydrogen-bond acceptors (Lipinski definition) is 4. The number of rotatable bonds is 5. The van der Waals surface area contributed by atoms with Crippen LogP contribution in [0.15, 0.2) is 62.9 Å².